The molecule has 1 N–H and O–H groups in total. The minimum Gasteiger partial charge on any atom is -0.427 e. The van der Waals surface area contributed by atoms with Crippen molar-refractivity contribution in [2.75, 3.05) is 0 Å². The summed E-state index contributed by atoms with van der Waals surface area (Å²) < 4.78 is 6.07. The van der Waals surface area contributed by atoms with Gasteiger partial charge in [-0.2, -0.15) is 0 Å². The normalized spacial score (nSPS) is 12.4. The van der Waals surface area contributed by atoms with Gasteiger partial charge in [0.05, 0.1) is 11.2 Å². The van der Waals surface area contributed by atoms with E-state index in [1.165, 1.54) is 21.9 Å². The zero-order valence-electron chi connectivity index (χ0n) is 15.4. The smallest absolute Gasteiger partial charge is 0.309 e. The van der Waals surface area contributed by atoms with E-state index in [1.807, 2.05) is 19.9 Å². The number of fused-ring (bicyclic) bond motifs is 1. The molecule has 0 saturated heterocycles. The van der Waals surface area contributed by atoms with Crippen LogP contribution in [0.1, 0.15) is 27.7 Å². The van der Waals surface area contributed by atoms with Crippen LogP contribution in [-0.4, -0.2) is 23.8 Å². The molecule has 0 aromatic heterocycles. The molecule has 0 saturated carbocycles. The second-order valence-electron chi connectivity index (χ2n) is 7.59. The highest BCUT2D eigenvalue weighted by molar-refractivity contribution is 6.48. The van der Waals surface area contributed by atoms with E-state index in [1.54, 1.807) is 13.8 Å². The molecule has 2 nitrogen and oxygen atoms in total. The van der Waals surface area contributed by atoms with Crippen LogP contribution in [0.2, 0.25) is 0 Å². The Morgan fingerprint density at radius 2 is 1.48 bits per heavy atom. The lowest BCUT2D eigenvalue weighted by Crippen LogP contribution is -2.49. The summed E-state index contributed by atoms with van der Waals surface area (Å²) in [6, 6.07) is 23.2. The molecular weight excluding hydrogens is 307 g/mol. The molecule has 3 rings (SSSR count). The fourth-order valence-electron chi connectivity index (χ4n) is 2.75. The Morgan fingerprint density at radius 1 is 0.840 bits per heavy atom. The van der Waals surface area contributed by atoms with Gasteiger partial charge in [0.1, 0.15) is 0 Å². The van der Waals surface area contributed by atoms with Gasteiger partial charge in [0.2, 0.25) is 0 Å². The number of hydrogen-bond acceptors (Lipinski definition) is 2. The molecule has 0 spiro atoms. The maximum absolute atomic E-state index is 10.3. The Labute approximate surface area is 150 Å². The molecule has 0 unspecified atom stereocenters. The molecule has 128 valence electrons. The summed E-state index contributed by atoms with van der Waals surface area (Å²) in [6.45, 7) is 7.41. The molecule has 0 aliphatic carbocycles. The van der Waals surface area contributed by atoms with Crippen molar-refractivity contribution in [1.82, 2.24) is 0 Å². The number of rotatable bonds is 5. The Kier molecular flexibility index (Phi) is 4.72. The highest BCUT2D eigenvalue weighted by Gasteiger charge is 2.35. The molecule has 0 amide bonds. The zero-order valence-corrected chi connectivity index (χ0v) is 15.4. The highest BCUT2D eigenvalue weighted by atomic mass is 16.5. The summed E-state index contributed by atoms with van der Waals surface area (Å²) in [5.41, 5.74) is 1.97. The monoisotopic (exact) mass is 332 g/mol. The molecule has 0 atom stereocenters. The van der Waals surface area contributed by atoms with Gasteiger partial charge < -0.3 is 9.76 Å². The van der Waals surface area contributed by atoms with Crippen LogP contribution in [-0.2, 0) is 4.65 Å². The fourth-order valence-corrected chi connectivity index (χ4v) is 2.75. The predicted octanol–water partition coefficient (Wildman–Crippen LogP) is 4.05. The maximum atomic E-state index is 10.3. The van der Waals surface area contributed by atoms with Crippen LogP contribution in [0.15, 0.2) is 66.7 Å². The van der Waals surface area contributed by atoms with Gasteiger partial charge in [0, 0.05) is 0 Å². The molecule has 0 aliphatic rings. The minimum atomic E-state index is -0.911. The van der Waals surface area contributed by atoms with Crippen molar-refractivity contribution in [2.24, 2.45) is 0 Å². The average Bonchev–Trinajstić information content (AvgIpc) is 2.59. The molecule has 3 heteroatoms. The van der Waals surface area contributed by atoms with Gasteiger partial charge in [-0.15, -0.1) is 0 Å². The first-order valence-corrected chi connectivity index (χ1v) is 8.71. The number of benzene rings is 3. The van der Waals surface area contributed by atoms with E-state index >= 15 is 0 Å². The molecular formula is C22H25BO2. The van der Waals surface area contributed by atoms with Crippen LogP contribution in [0, 0.1) is 0 Å². The van der Waals surface area contributed by atoms with Crippen molar-refractivity contribution in [1.29, 1.82) is 0 Å². The summed E-state index contributed by atoms with van der Waals surface area (Å²) >= 11 is 0. The summed E-state index contributed by atoms with van der Waals surface area (Å²) in [4.78, 5) is 0. The predicted molar refractivity (Wildman–Crippen MR) is 108 cm³/mol. The molecule has 0 bridgehead atoms. The van der Waals surface area contributed by atoms with E-state index in [9.17, 15) is 5.11 Å². The number of aliphatic hydroxyl groups is 1. The lowest BCUT2D eigenvalue weighted by Gasteiger charge is -2.37. The van der Waals surface area contributed by atoms with Gasteiger partial charge in [0.15, 0.2) is 0 Å². The third kappa shape index (κ3) is 3.78. The quantitative estimate of drug-likeness (QED) is 0.714. The topological polar surface area (TPSA) is 29.5 Å². The molecule has 0 fully saturated rings. The molecule has 0 aliphatic heterocycles. The second kappa shape index (κ2) is 6.66. The van der Waals surface area contributed by atoms with Crippen LogP contribution >= 0.6 is 0 Å². The van der Waals surface area contributed by atoms with Crippen LogP contribution in [0.4, 0.5) is 0 Å². The van der Waals surface area contributed by atoms with Gasteiger partial charge in [-0.05, 0) is 49.6 Å². The third-order valence-electron chi connectivity index (χ3n) is 5.08. The first-order chi connectivity index (χ1) is 11.8. The second-order valence-corrected chi connectivity index (χ2v) is 7.59. The van der Waals surface area contributed by atoms with E-state index in [4.69, 9.17) is 4.65 Å². The van der Waals surface area contributed by atoms with Gasteiger partial charge in [-0.1, -0.05) is 72.2 Å². The fraction of sp³-hybridized carbons (Fsp3) is 0.273. The van der Waals surface area contributed by atoms with E-state index in [2.05, 4.69) is 60.7 Å². The van der Waals surface area contributed by atoms with Crippen molar-refractivity contribution in [3.8, 4) is 11.1 Å². The SMILES string of the molecule is CC(C)(O)C(C)(C)OBc1cc(-c2ccccc2)c2ccccc2c1. The Hall–Kier alpha value is -2.10. The Balaban J connectivity index is 2.00. The van der Waals surface area contributed by atoms with E-state index in [0.717, 1.165) is 5.46 Å². The highest BCUT2D eigenvalue weighted by Crippen LogP contribution is 2.28. The Bertz CT molecular complexity index is 864. The molecule has 3 aromatic rings. The first kappa shape index (κ1) is 17.7. The van der Waals surface area contributed by atoms with Crippen LogP contribution in [0.3, 0.4) is 0 Å². The first-order valence-electron chi connectivity index (χ1n) is 8.71. The zero-order chi connectivity index (χ0) is 18.1. The van der Waals surface area contributed by atoms with Crippen molar-refractivity contribution < 1.29 is 9.76 Å². The lowest BCUT2D eigenvalue weighted by molar-refractivity contribution is -0.0893. The van der Waals surface area contributed by atoms with Crippen molar-refractivity contribution in [3.63, 3.8) is 0 Å². The summed E-state index contributed by atoms with van der Waals surface area (Å²) in [6.07, 6.45) is 0. The van der Waals surface area contributed by atoms with Crippen molar-refractivity contribution >= 4 is 23.7 Å². The van der Waals surface area contributed by atoms with Gasteiger partial charge in [0.25, 0.3) is 0 Å². The molecule has 25 heavy (non-hydrogen) atoms. The summed E-state index contributed by atoms with van der Waals surface area (Å²) in [7, 11) is 0.460. The van der Waals surface area contributed by atoms with Crippen molar-refractivity contribution in [3.05, 3.63) is 66.7 Å². The van der Waals surface area contributed by atoms with E-state index in [0.29, 0.717) is 7.48 Å². The molecule has 0 radical (unpaired) electrons. The van der Waals surface area contributed by atoms with E-state index < -0.39 is 11.2 Å². The van der Waals surface area contributed by atoms with E-state index in [-0.39, 0.29) is 0 Å². The lowest BCUT2D eigenvalue weighted by atomic mass is 9.80. The largest absolute Gasteiger partial charge is 0.427 e. The van der Waals surface area contributed by atoms with Gasteiger partial charge >= 0.3 is 7.48 Å². The third-order valence-corrected chi connectivity index (χ3v) is 5.08. The van der Waals surface area contributed by atoms with Gasteiger partial charge in [-0.25, -0.2) is 0 Å². The maximum Gasteiger partial charge on any atom is 0.309 e. The summed E-state index contributed by atoms with van der Waals surface area (Å²) in [5.74, 6) is 0. The minimum absolute atomic E-state index is 0.460. The van der Waals surface area contributed by atoms with Crippen molar-refractivity contribution in [2.45, 2.75) is 38.9 Å². The van der Waals surface area contributed by atoms with Crippen LogP contribution < -0.4 is 5.46 Å². The molecule has 3 aromatic carbocycles. The summed E-state index contributed by atoms with van der Waals surface area (Å²) in [5, 5.41) is 12.7. The Morgan fingerprint density at radius 3 is 2.16 bits per heavy atom. The number of hydrogen-bond donors (Lipinski definition) is 1. The molecule has 0 heterocycles. The van der Waals surface area contributed by atoms with Crippen LogP contribution in [0.5, 0.6) is 0 Å². The average molecular weight is 332 g/mol. The van der Waals surface area contributed by atoms with Crippen LogP contribution in [0.25, 0.3) is 21.9 Å². The standard InChI is InChI=1S/C22H25BO2/c1-21(2,24)22(3,4)25-23-18-14-17-12-8-9-13-19(17)20(15-18)16-10-6-5-7-11-16/h5-15,23-24H,1-4H3. The van der Waals surface area contributed by atoms with Gasteiger partial charge in [-0.3, -0.25) is 0 Å².